The van der Waals surface area contributed by atoms with E-state index < -0.39 is 33.9 Å². The van der Waals surface area contributed by atoms with Gasteiger partial charge in [0, 0.05) is 5.56 Å². The Labute approximate surface area is 176 Å². The summed E-state index contributed by atoms with van der Waals surface area (Å²) < 4.78 is 37.6. The molecule has 0 radical (unpaired) electrons. The highest BCUT2D eigenvalue weighted by atomic mass is 32.2. The Kier molecular flexibility index (Phi) is 6.45. The maximum Gasteiger partial charge on any atom is 0.310 e. The molecule has 160 valence electrons. The zero-order valence-electron chi connectivity index (χ0n) is 17.2. The van der Waals surface area contributed by atoms with Crippen molar-refractivity contribution >= 4 is 21.9 Å². The number of methoxy groups -OCH3 is 1. The van der Waals surface area contributed by atoms with E-state index in [1.807, 2.05) is 6.92 Å². The van der Waals surface area contributed by atoms with Gasteiger partial charge in [0.2, 0.25) is 5.91 Å². The average molecular weight is 432 g/mol. The van der Waals surface area contributed by atoms with Gasteiger partial charge in [0.05, 0.1) is 30.4 Å². The molecule has 2 aromatic rings. The van der Waals surface area contributed by atoms with E-state index in [2.05, 4.69) is 0 Å². The molecule has 1 saturated heterocycles. The third kappa shape index (κ3) is 4.05. The summed E-state index contributed by atoms with van der Waals surface area (Å²) >= 11 is 0. The fourth-order valence-corrected chi connectivity index (χ4v) is 5.56. The maximum atomic E-state index is 13.1. The van der Waals surface area contributed by atoms with Gasteiger partial charge < -0.3 is 9.47 Å². The van der Waals surface area contributed by atoms with E-state index in [1.165, 1.54) is 13.2 Å². The highest BCUT2D eigenvalue weighted by molar-refractivity contribution is 7.89. The number of sulfonamides is 1. The largest absolute Gasteiger partial charge is 0.496 e. The minimum atomic E-state index is -4.02. The van der Waals surface area contributed by atoms with Crippen molar-refractivity contribution in [2.45, 2.75) is 37.6 Å². The molecule has 8 heteroatoms. The van der Waals surface area contributed by atoms with Gasteiger partial charge in [-0.05, 0) is 31.0 Å². The summed E-state index contributed by atoms with van der Waals surface area (Å²) in [4.78, 5) is 25.0. The van der Waals surface area contributed by atoms with Crippen molar-refractivity contribution in [3.63, 3.8) is 0 Å². The van der Waals surface area contributed by atoms with Crippen LogP contribution in [0, 0.1) is 12.8 Å². The van der Waals surface area contributed by atoms with Gasteiger partial charge >= 0.3 is 5.97 Å². The molecule has 2 atom stereocenters. The maximum absolute atomic E-state index is 13.1. The number of hydrogen-bond acceptors (Lipinski definition) is 6. The fraction of sp³-hybridized carbons (Fsp3) is 0.364. The van der Waals surface area contributed by atoms with Crippen LogP contribution in [0.25, 0.3) is 0 Å². The molecule has 0 bridgehead atoms. The highest BCUT2D eigenvalue weighted by Crippen LogP contribution is 2.36. The summed E-state index contributed by atoms with van der Waals surface area (Å²) in [5.74, 6) is -0.903. The number of β-lactam (4-membered cyclic amide) rings is 1. The van der Waals surface area contributed by atoms with Gasteiger partial charge in [-0.25, -0.2) is 12.7 Å². The first-order valence-corrected chi connectivity index (χ1v) is 11.2. The van der Waals surface area contributed by atoms with Crippen LogP contribution in [0.1, 0.15) is 24.5 Å². The van der Waals surface area contributed by atoms with Crippen molar-refractivity contribution in [2.75, 3.05) is 13.7 Å². The van der Waals surface area contributed by atoms with Crippen LogP contribution in [-0.2, 0) is 30.8 Å². The number of carbonyl (C=O) groups excluding carboxylic acids is 2. The van der Waals surface area contributed by atoms with Gasteiger partial charge in [0.1, 0.15) is 12.4 Å². The molecule has 0 saturated carbocycles. The molecule has 1 aliphatic rings. The molecule has 1 heterocycles. The second-order valence-electron chi connectivity index (χ2n) is 7.16. The van der Waals surface area contributed by atoms with Gasteiger partial charge in [0.15, 0.2) is 0 Å². The Morgan fingerprint density at radius 2 is 1.77 bits per heavy atom. The van der Waals surface area contributed by atoms with Crippen LogP contribution >= 0.6 is 0 Å². The van der Waals surface area contributed by atoms with Crippen LogP contribution in [0.5, 0.6) is 5.75 Å². The van der Waals surface area contributed by atoms with E-state index in [-0.39, 0.29) is 17.9 Å². The van der Waals surface area contributed by atoms with E-state index in [0.29, 0.717) is 23.3 Å². The standard InChI is InChI=1S/C22H25NO6S/c1-4-17-18(14-29-21(24)13-16-10-6-7-11-19(16)28-3)23(22(17)25)30(26,27)20-12-8-5-9-15(20)2/h5-12,17-18H,4,13-14H2,1-3H3/t17?,18-/m1/s1. The second kappa shape index (κ2) is 8.87. The molecule has 1 aliphatic heterocycles. The number of esters is 1. The van der Waals surface area contributed by atoms with Crippen LogP contribution in [0.15, 0.2) is 53.4 Å². The number of ether oxygens (including phenoxy) is 2. The van der Waals surface area contributed by atoms with E-state index in [1.54, 1.807) is 49.4 Å². The van der Waals surface area contributed by atoms with Crippen molar-refractivity contribution in [1.82, 2.24) is 4.31 Å². The molecule has 30 heavy (non-hydrogen) atoms. The quantitative estimate of drug-likeness (QED) is 0.472. The lowest BCUT2D eigenvalue weighted by atomic mass is 9.88. The molecule has 0 aliphatic carbocycles. The highest BCUT2D eigenvalue weighted by Gasteiger charge is 2.53. The van der Waals surface area contributed by atoms with E-state index in [4.69, 9.17) is 9.47 Å². The summed E-state index contributed by atoms with van der Waals surface area (Å²) in [5.41, 5.74) is 1.23. The zero-order chi connectivity index (χ0) is 21.9. The lowest BCUT2D eigenvalue weighted by molar-refractivity contribution is -0.157. The number of amides is 1. The van der Waals surface area contributed by atoms with Gasteiger partial charge in [-0.1, -0.05) is 43.3 Å². The van der Waals surface area contributed by atoms with Crippen LogP contribution in [0.4, 0.5) is 0 Å². The Morgan fingerprint density at radius 3 is 2.43 bits per heavy atom. The number of nitrogens with zero attached hydrogens (tertiary/aromatic N) is 1. The second-order valence-corrected chi connectivity index (χ2v) is 8.94. The molecule has 3 rings (SSSR count). The van der Waals surface area contributed by atoms with Crippen LogP contribution in [-0.4, -0.2) is 44.4 Å². The Balaban J connectivity index is 1.74. The molecule has 0 aromatic heterocycles. The number of aryl methyl sites for hydroxylation is 1. The summed E-state index contributed by atoms with van der Waals surface area (Å²) in [6.45, 7) is 3.31. The Morgan fingerprint density at radius 1 is 1.10 bits per heavy atom. The smallest absolute Gasteiger partial charge is 0.310 e. The summed E-state index contributed by atoms with van der Waals surface area (Å²) in [5, 5.41) is 0. The zero-order valence-corrected chi connectivity index (χ0v) is 18.0. The van der Waals surface area contributed by atoms with Crippen molar-refractivity contribution in [1.29, 1.82) is 0 Å². The predicted octanol–water partition coefficient (Wildman–Crippen LogP) is 2.72. The number of hydrogen-bond donors (Lipinski definition) is 0. The van der Waals surface area contributed by atoms with Crippen LogP contribution < -0.4 is 4.74 Å². The Bertz CT molecular complexity index is 1050. The van der Waals surface area contributed by atoms with Gasteiger partial charge in [-0.2, -0.15) is 0 Å². The lowest BCUT2D eigenvalue weighted by Gasteiger charge is -2.45. The van der Waals surface area contributed by atoms with Crippen molar-refractivity contribution in [2.24, 2.45) is 5.92 Å². The monoisotopic (exact) mass is 431 g/mol. The minimum Gasteiger partial charge on any atom is -0.496 e. The van der Waals surface area contributed by atoms with E-state index in [9.17, 15) is 18.0 Å². The summed E-state index contributed by atoms with van der Waals surface area (Å²) in [6.07, 6.45) is 0.458. The summed E-state index contributed by atoms with van der Waals surface area (Å²) in [7, 11) is -2.50. The molecule has 1 fully saturated rings. The van der Waals surface area contributed by atoms with E-state index >= 15 is 0 Å². The van der Waals surface area contributed by atoms with Crippen molar-refractivity contribution < 1.29 is 27.5 Å². The third-order valence-corrected chi connectivity index (χ3v) is 7.30. The number of carbonyl (C=O) groups is 2. The topological polar surface area (TPSA) is 90.0 Å². The first kappa shape index (κ1) is 21.8. The molecule has 1 amide bonds. The molecule has 7 nitrogen and oxygen atoms in total. The minimum absolute atomic E-state index is 0.00792. The fourth-order valence-electron chi connectivity index (χ4n) is 3.69. The van der Waals surface area contributed by atoms with Crippen LogP contribution in [0.2, 0.25) is 0 Å². The number of rotatable bonds is 8. The first-order valence-electron chi connectivity index (χ1n) is 9.72. The molecular formula is C22H25NO6S. The van der Waals surface area contributed by atoms with Crippen molar-refractivity contribution in [3.05, 3.63) is 59.7 Å². The molecule has 2 aromatic carbocycles. The summed E-state index contributed by atoms with van der Waals surface area (Å²) in [6, 6.07) is 12.9. The normalized spacial score (nSPS) is 18.6. The average Bonchev–Trinajstić information content (AvgIpc) is 2.71. The molecule has 0 N–H and O–H groups in total. The third-order valence-electron chi connectivity index (χ3n) is 5.31. The van der Waals surface area contributed by atoms with Crippen LogP contribution in [0.3, 0.4) is 0 Å². The molecule has 0 spiro atoms. The molecular weight excluding hydrogens is 406 g/mol. The number of para-hydroxylation sites is 1. The SMILES string of the molecule is CCC1C(=O)N(S(=O)(=O)c2ccccc2C)[C@@H]1COC(=O)Cc1ccccc1OC. The predicted molar refractivity (Wildman–Crippen MR) is 110 cm³/mol. The Hall–Kier alpha value is -2.87. The first-order chi connectivity index (χ1) is 14.3. The lowest BCUT2D eigenvalue weighted by Crippen LogP contribution is -2.64. The van der Waals surface area contributed by atoms with Gasteiger partial charge in [0.25, 0.3) is 10.0 Å². The number of benzene rings is 2. The molecule has 1 unspecified atom stereocenters. The van der Waals surface area contributed by atoms with E-state index in [0.717, 1.165) is 4.31 Å². The van der Waals surface area contributed by atoms with Crippen molar-refractivity contribution in [3.8, 4) is 5.75 Å². The van der Waals surface area contributed by atoms with Gasteiger partial charge in [-0.15, -0.1) is 0 Å². The van der Waals surface area contributed by atoms with Gasteiger partial charge in [-0.3, -0.25) is 9.59 Å².